The summed E-state index contributed by atoms with van der Waals surface area (Å²) in [5.41, 5.74) is 10.7. The maximum absolute atomic E-state index is 4.95. The molecule has 0 radical (unpaired) electrons. The molecule has 0 bridgehead atoms. The number of aromatic nitrogens is 1. The van der Waals surface area contributed by atoms with Gasteiger partial charge < -0.3 is 10.2 Å². The van der Waals surface area contributed by atoms with Crippen LogP contribution in [0.25, 0.3) is 26.4 Å². The Morgan fingerprint density at radius 3 is 1.98 bits per heavy atom. The third kappa shape index (κ3) is 4.33. The van der Waals surface area contributed by atoms with Crippen LogP contribution >= 0.6 is 11.3 Å². The monoisotopic (exact) mass is 545 g/mol. The lowest BCUT2D eigenvalue weighted by Gasteiger charge is -2.26. The lowest BCUT2D eigenvalue weighted by atomic mass is 9.86. The number of benzene rings is 5. The highest BCUT2D eigenvalue weighted by Crippen LogP contribution is 2.45. The van der Waals surface area contributed by atoms with E-state index in [0.29, 0.717) is 5.92 Å². The topological polar surface area (TPSA) is 28.2 Å². The Kier molecular flexibility index (Phi) is 5.78. The first-order valence-electron chi connectivity index (χ1n) is 14.0. The molecule has 2 aliphatic rings. The van der Waals surface area contributed by atoms with Crippen molar-refractivity contribution in [1.82, 2.24) is 4.98 Å². The molecular weight excluding hydrogens is 518 g/mol. The first-order chi connectivity index (χ1) is 20.3. The number of rotatable bonds is 5. The number of anilines is 4. The molecule has 2 heterocycles. The third-order valence-electron chi connectivity index (χ3n) is 7.98. The fourth-order valence-corrected chi connectivity index (χ4v) is 6.97. The van der Waals surface area contributed by atoms with Crippen LogP contribution in [0.15, 0.2) is 146 Å². The van der Waals surface area contributed by atoms with Crippen LogP contribution in [0.1, 0.15) is 17.0 Å². The number of fused-ring (bicyclic) bond motifs is 4. The van der Waals surface area contributed by atoms with Crippen LogP contribution in [0.5, 0.6) is 0 Å². The van der Waals surface area contributed by atoms with Gasteiger partial charge in [0.15, 0.2) is 0 Å². The van der Waals surface area contributed by atoms with E-state index in [9.17, 15) is 0 Å². The number of nitrogens with one attached hydrogen (secondary N) is 1. The molecule has 41 heavy (non-hydrogen) atoms. The fourth-order valence-electron chi connectivity index (χ4n) is 5.97. The maximum atomic E-state index is 4.95. The molecule has 2 unspecified atom stereocenters. The second-order valence-corrected chi connectivity index (χ2v) is 11.6. The molecule has 0 amide bonds. The van der Waals surface area contributed by atoms with Crippen molar-refractivity contribution in [3.05, 3.63) is 157 Å². The van der Waals surface area contributed by atoms with Crippen molar-refractivity contribution in [1.29, 1.82) is 0 Å². The van der Waals surface area contributed by atoms with Gasteiger partial charge in [-0.1, -0.05) is 97.1 Å². The van der Waals surface area contributed by atoms with E-state index in [1.54, 1.807) is 11.3 Å². The second kappa shape index (κ2) is 9.92. The molecule has 0 fully saturated rings. The van der Waals surface area contributed by atoms with Crippen LogP contribution in [0.2, 0.25) is 0 Å². The molecule has 196 valence electrons. The Morgan fingerprint density at radius 2 is 1.29 bits per heavy atom. The summed E-state index contributed by atoms with van der Waals surface area (Å²) in [6.45, 7) is 0. The van der Waals surface area contributed by atoms with Gasteiger partial charge in [-0.25, -0.2) is 4.98 Å². The smallest absolute Gasteiger partial charge is 0.124 e. The number of allylic oxidation sites excluding steroid dienone is 2. The van der Waals surface area contributed by atoms with Crippen LogP contribution in [-0.2, 0) is 0 Å². The lowest BCUT2D eigenvalue weighted by molar-refractivity contribution is 0.809. The van der Waals surface area contributed by atoms with Crippen molar-refractivity contribution >= 4 is 49.9 Å². The van der Waals surface area contributed by atoms with Crippen molar-refractivity contribution in [2.75, 3.05) is 10.2 Å². The largest absolute Gasteiger partial charge is 0.378 e. The second-order valence-electron chi connectivity index (χ2n) is 10.5. The van der Waals surface area contributed by atoms with Crippen LogP contribution in [0.3, 0.4) is 0 Å². The summed E-state index contributed by atoms with van der Waals surface area (Å²) < 4.78 is 1.24. The average Bonchev–Trinajstić information content (AvgIpc) is 3.62. The van der Waals surface area contributed by atoms with Crippen molar-refractivity contribution in [3.63, 3.8) is 0 Å². The predicted octanol–water partition coefficient (Wildman–Crippen LogP) is 9.96. The van der Waals surface area contributed by atoms with Gasteiger partial charge in [0, 0.05) is 34.2 Å². The van der Waals surface area contributed by atoms with Gasteiger partial charge in [-0.05, 0) is 65.2 Å². The van der Waals surface area contributed by atoms with Crippen molar-refractivity contribution in [2.24, 2.45) is 0 Å². The van der Waals surface area contributed by atoms with E-state index in [0.717, 1.165) is 27.6 Å². The molecule has 1 N–H and O–H groups in total. The summed E-state index contributed by atoms with van der Waals surface area (Å²) in [5, 5.41) is 4.81. The predicted molar refractivity (Wildman–Crippen MR) is 173 cm³/mol. The molecule has 1 aliphatic heterocycles. The van der Waals surface area contributed by atoms with E-state index in [1.165, 1.54) is 32.7 Å². The Bertz CT molecular complexity index is 1870. The lowest BCUT2D eigenvalue weighted by Crippen LogP contribution is -2.18. The maximum Gasteiger partial charge on any atom is 0.124 e. The molecule has 2 atom stereocenters. The Morgan fingerprint density at radius 1 is 0.659 bits per heavy atom. The minimum Gasteiger partial charge on any atom is -0.378 e. The van der Waals surface area contributed by atoms with Crippen molar-refractivity contribution in [3.8, 4) is 10.6 Å². The van der Waals surface area contributed by atoms with Gasteiger partial charge in [-0.15, -0.1) is 11.3 Å². The van der Waals surface area contributed by atoms with Crippen molar-refractivity contribution < 1.29 is 0 Å². The molecule has 3 nitrogen and oxygen atoms in total. The first kappa shape index (κ1) is 23.9. The molecule has 6 aromatic rings. The Balaban J connectivity index is 1.11. The van der Waals surface area contributed by atoms with E-state index >= 15 is 0 Å². The summed E-state index contributed by atoms with van der Waals surface area (Å²) in [7, 11) is 0. The van der Waals surface area contributed by atoms with Crippen LogP contribution < -0.4 is 10.2 Å². The standard InChI is InChI=1S/C37H27N3S/c1-4-10-26(11-5-1)37-39-35-24-34-32(23-36(35)41-37)31-22-27(18-21-33(31)38-34)25-16-19-30(20-17-25)40(28-12-6-2-7-13-28)29-14-8-3-9-15-29/h1-24,31,33,38H. The van der Waals surface area contributed by atoms with Gasteiger partial charge in [-0.2, -0.15) is 0 Å². The SMILES string of the molecule is C1=CC2Nc3cc4nc(-c5ccccc5)sc4cc3C2C=C1c1ccc(N(c2ccccc2)c2ccccc2)cc1. The summed E-state index contributed by atoms with van der Waals surface area (Å²) in [4.78, 5) is 7.25. The van der Waals surface area contributed by atoms with E-state index in [-0.39, 0.29) is 6.04 Å². The van der Waals surface area contributed by atoms with Gasteiger partial charge >= 0.3 is 0 Å². The van der Waals surface area contributed by atoms with Gasteiger partial charge in [-0.3, -0.25) is 0 Å². The highest BCUT2D eigenvalue weighted by atomic mass is 32.1. The minimum atomic E-state index is 0.268. The number of hydrogen-bond acceptors (Lipinski definition) is 4. The Hall–Kier alpha value is -4.93. The third-order valence-corrected chi connectivity index (χ3v) is 9.05. The van der Waals surface area contributed by atoms with Crippen LogP contribution in [0.4, 0.5) is 22.7 Å². The average molecular weight is 546 g/mol. The number of nitrogens with zero attached hydrogens (tertiary/aromatic N) is 2. The van der Waals surface area contributed by atoms with E-state index in [1.807, 2.05) is 6.07 Å². The molecule has 8 rings (SSSR count). The minimum absolute atomic E-state index is 0.268. The normalized spacial score (nSPS) is 17.0. The summed E-state index contributed by atoms with van der Waals surface area (Å²) in [5.74, 6) is 0.293. The summed E-state index contributed by atoms with van der Waals surface area (Å²) in [6, 6.07) is 45.3. The zero-order chi connectivity index (χ0) is 27.2. The summed E-state index contributed by atoms with van der Waals surface area (Å²) >= 11 is 1.77. The highest BCUT2D eigenvalue weighted by molar-refractivity contribution is 7.21. The molecule has 0 spiro atoms. The molecule has 4 heteroatoms. The quantitative estimate of drug-likeness (QED) is 0.234. The van der Waals surface area contributed by atoms with Gasteiger partial charge in [0.1, 0.15) is 5.01 Å². The van der Waals surface area contributed by atoms with E-state index in [4.69, 9.17) is 4.98 Å². The molecule has 1 aliphatic carbocycles. The number of thiazole rings is 1. The molecule has 1 aromatic heterocycles. The molecule has 5 aromatic carbocycles. The van der Waals surface area contributed by atoms with Crippen molar-refractivity contribution in [2.45, 2.75) is 12.0 Å². The number of para-hydroxylation sites is 2. The Labute approximate surface area is 243 Å². The number of hydrogen-bond donors (Lipinski definition) is 1. The highest BCUT2D eigenvalue weighted by Gasteiger charge is 2.32. The van der Waals surface area contributed by atoms with Gasteiger partial charge in [0.05, 0.1) is 16.3 Å². The van der Waals surface area contributed by atoms with E-state index in [2.05, 4.69) is 150 Å². The van der Waals surface area contributed by atoms with Gasteiger partial charge in [0.25, 0.3) is 0 Å². The van der Waals surface area contributed by atoms with E-state index < -0.39 is 0 Å². The molecule has 0 saturated carbocycles. The molecular formula is C37H27N3S. The summed E-state index contributed by atoms with van der Waals surface area (Å²) in [6.07, 6.45) is 7.00. The fraction of sp³-hybridized carbons (Fsp3) is 0.0541. The van der Waals surface area contributed by atoms with Gasteiger partial charge in [0.2, 0.25) is 0 Å². The van der Waals surface area contributed by atoms with Crippen LogP contribution in [0, 0.1) is 0 Å². The zero-order valence-corrected chi connectivity index (χ0v) is 23.1. The van der Waals surface area contributed by atoms with Crippen LogP contribution in [-0.4, -0.2) is 11.0 Å². The first-order valence-corrected chi connectivity index (χ1v) is 14.8. The zero-order valence-electron chi connectivity index (χ0n) is 22.3. The molecule has 0 saturated heterocycles.